The normalized spacial score (nSPS) is 10.5. The maximum absolute atomic E-state index is 12.1. The van der Waals surface area contributed by atoms with Crippen LogP contribution in [0.3, 0.4) is 0 Å². The second-order valence-corrected chi connectivity index (χ2v) is 7.06. The molecule has 2 amide bonds. The molecule has 2 aromatic carbocycles. The van der Waals surface area contributed by atoms with Gasteiger partial charge in [-0.2, -0.15) is 13.2 Å². The van der Waals surface area contributed by atoms with E-state index in [4.69, 9.17) is 15.6 Å². The smallest absolute Gasteiger partial charge is 0.475 e. The molecular formula is C19H16F3N5O5S. The van der Waals surface area contributed by atoms with E-state index in [0.717, 1.165) is 10.6 Å². The van der Waals surface area contributed by atoms with Crippen molar-refractivity contribution in [3.63, 3.8) is 0 Å². The fourth-order valence-corrected chi connectivity index (χ4v) is 2.90. The van der Waals surface area contributed by atoms with Gasteiger partial charge < -0.3 is 10.8 Å². The summed E-state index contributed by atoms with van der Waals surface area (Å²) in [6.07, 6.45) is -5.08. The summed E-state index contributed by atoms with van der Waals surface area (Å²) in [6, 6.07) is 17.2. The standard InChI is InChI=1S/C17H15N5O3S.C2HF3O2/c18-15-14(21-25-22-15)17(24)20-19-16(23)12-6-8-13(9-7-12)26-10-11-4-2-1-3-5-11;3-2(4,5)1(6)7/h1-9H,10H2,(H2,18,22)(H,19,23)(H,20,24);(H,6,7). The van der Waals surface area contributed by atoms with Gasteiger partial charge in [0.2, 0.25) is 11.5 Å². The van der Waals surface area contributed by atoms with Crippen molar-refractivity contribution in [1.29, 1.82) is 0 Å². The lowest BCUT2D eigenvalue weighted by atomic mass is 10.2. The summed E-state index contributed by atoms with van der Waals surface area (Å²) in [6.45, 7) is 0. The number of rotatable bonds is 5. The lowest BCUT2D eigenvalue weighted by Crippen LogP contribution is -2.42. The Morgan fingerprint density at radius 1 is 0.970 bits per heavy atom. The summed E-state index contributed by atoms with van der Waals surface area (Å²) in [4.78, 5) is 33.8. The minimum Gasteiger partial charge on any atom is -0.475 e. The quantitative estimate of drug-likeness (QED) is 0.316. The predicted molar refractivity (Wildman–Crippen MR) is 110 cm³/mol. The molecule has 0 saturated carbocycles. The molecule has 1 heterocycles. The molecule has 10 nitrogen and oxygen atoms in total. The number of thioether (sulfide) groups is 1. The van der Waals surface area contributed by atoms with E-state index in [-0.39, 0.29) is 11.5 Å². The number of nitrogens with zero attached hydrogens (tertiary/aromatic N) is 2. The van der Waals surface area contributed by atoms with E-state index in [1.54, 1.807) is 23.9 Å². The summed E-state index contributed by atoms with van der Waals surface area (Å²) in [5.74, 6) is -3.25. The predicted octanol–water partition coefficient (Wildman–Crippen LogP) is 2.65. The number of carboxylic acids is 1. The number of hydrazine groups is 1. The van der Waals surface area contributed by atoms with E-state index in [0.29, 0.717) is 5.56 Å². The number of halogens is 3. The number of carbonyl (C=O) groups excluding carboxylic acids is 2. The molecule has 0 radical (unpaired) electrons. The fourth-order valence-electron chi connectivity index (χ4n) is 2.04. The Bertz CT molecular complexity index is 1090. The molecule has 14 heteroatoms. The van der Waals surface area contributed by atoms with E-state index < -0.39 is 24.0 Å². The van der Waals surface area contributed by atoms with Crippen LogP contribution in [0.1, 0.15) is 26.4 Å². The largest absolute Gasteiger partial charge is 0.490 e. The van der Waals surface area contributed by atoms with E-state index in [2.05, 4.69) is 37.9 Å². The lowest BCUT2D eigenvalue weighted by Gasteiger charge is -2.07. The average molecular weight is 483 g/mol. The van der Waals surface area contributed by atoms with Crippen molar-refractivity contribution >= 4 is 35.4 Å². The van der Waals surface area contributed by atoms with Crippen LogP contribution in [-0.4, -0.2) is 39.4 Å². The van der Waals surface area contributed by atoms with E-state index in [9.17, 15) is 22.8 Å². The fraction of sp³-hybridized carbons (Fsp3) is 0.105. The minimum absolute atomic E-state index is 0.156. The molecule has 0 aliphatic carbocycles. The lowest BCUT2D eigenvalue weighted by molar-refractivity contribution is -0.192. The van der Waals surface area contributed by atoms with Crippen molar-refractivity contribution in [2.24, 2.45) is 0 Å². The first kappa shape index (κ1) is 25.2. The summed E-state index contributed by atoms with van der Waals surface area (Å²) in [5.41, 5.74) is 11.3. The van der Waals surface area contributed by atoms with E-state index in [1.807, 2.05) is 30.3 Å². The third-order valence-electron chi connectivity index (χ3n) is 3.63. The molecule has 174 valence electrons. The van der Waals surface area contributed by atoms with Gasteiger partial charge in [0, 0.05) is 16.2 Å². The van der Waals surface area contributed by atoms with Gasteiger partial charge in [0.1, 0.15) is 0 Å². The SMILES string of the molecule is Nc1nonc1C(=O)NNC(=O)c1ccc(SCc2ccccc2)cc1.O=C(O)C(F)(F)F. The van der Waals surface area contributed by atoms with Crippen LogP contribution < -0.4 is 16.6 Å². The minimum atomic E-state index is -5.08. The van der Waals surface area contributed by atoms with Crippen molar-refractivity contribution in [3.8, 4) is 0 Å². The van der Waals surface area contributed by atoms with Crippen LogP contribution in [0.4, 0.5) is 19.0 Å². The monoisotopic (exact) mass is 483 g/mol. The van der Waals surface area contributed by atoms with E-state index in [1.165, 1.54) is 5.56 Å². The number of aromatic nitrogens is 2. The number of nitrogens with two attached hydrogens (primary N) is 1. The third kappa shape index (κ3) is 8.17. The van der Waals surface area contributed by atoms with Crippen molar-refractivity contribution in [2.75, 3.05) is 5.73 Å². The van der Waals surface area contributed by atoms with E-state index >= 15 is 0 Å². The van der Waals surface area contributed by atoms with Gasteiger partial charge in [-0.05, 0) is 40.1 Å². The molecule has 1 aromatic heterocycles. The van der Waals surface area contributed by atoms with Crippen LogP contribution in [0.2, 0.25) is 0 Å². The molecule has 0 aliphatic heterocycles. The molecule has 0 spiro atoms. The molecule has 0 atom stereocenters. The van der Waals surface area contributed by atoms with Crippen LogP contribution in [-0.2, 0) is 10.5 Å². The maximum atomic E-state index is 12.1. The second kappa shape index (κ2) is 11.5. The number of nitrogen functional groups attached to an aromatic ring is 1. The molecule has 33 heavy (non-hydrogen) atoms. The Morgan fingerprint density at radius 3 is 2.06 bits per heavy atom. The molecule has 0 fully saturated rings. The Labute approximate surface area is 188 Å². The van der Waals surface area contributed by atoms with Gasteiger partial charge in [0.15, 0.2) is 0 Å². The number of carboxylic acid groups (broad SMARTS) is 1. The van der Waals surface area contributed by atoms with Gasteiger partial charge in [0.05, 0.1) is 0 Å². The first-order chi connectivity index (χ1) is 15.6. The number of amides is 2. The molecule has 3 rings (SSSR count). The number of alkyl halides is 3. The van der Waals surface area contributed by atoms with Crippen LogP contribution in [0, 0.1) is 0 Å². The van der Waals surface area contributed by atoms with Crippen molar-refractivity contribution in [1.82, 2.24) is 21.2 Å². The number of nitrogens with one attached hydrogen (secondary N) is 2. The van der Waals surface area contributed by atoms with Crippen molar-refractivity contribution < 1.29 is 37.3 Å². The Hall–Kier alpha value is -4.07. The molecule has 0 aliphatic rings. The molecule has 0 unspecified atom stereocenters. The Balaban J connectivity index is 0.000000479. The number of carbonyl (C=O) groups is 3. The molecule has 5 N–H and O–H groups in total. The number of benzene rings is 2. The van der Waals surface area contributed by atoms with Crippen LogP contribution in [0.5, 0.6) is 0 Å². The number of aliphatic carboxylic acids is 1. The highest BCUT2D eigenvalue weighted by atomic mass is 32.2. The van der Waals surface area contributed by atoms with Crippen LogP contribution in [0.25, 0.3) is 0 Å². The molecule has 0 bridgehead atoms. The molecule has 3 aromatic rings. The average Bonchev–Trinajstić information content (AvgIpc) is 3.22. The zero-order valence-electron chi connectivity index (χ0n) is 16.5. The highest BCUT2D eigenvalue weighted by Gasteiger charge is 2.38. The van der Waals surface area contributed by atoms with Crippen LogP contribution >= 0.6 is 11.8 Å². The zero-order chi connectivity index (χ0) is 24.4. The van der Waals surface area contributed by atoms with Gasteiger partial charge in [-0.15, -0.1) is 11.8 Å². The zero-order valence-corrected chi connectivity index (χ0v) is 17.3. The Kier molecular flexibility index (Phi) is 8.80. The van der Waals surface area contributed by atoms with Crippen molar-refractivity contribution in [2.45, 2.75) is 16.8 Å². The van der Waals surface area contributed by atoms with Crippen molar-refractivity contribution in [3.05, 3.63) is 71.4 Å². The summed E-state index contributed by atoms with van der Waals surface area (Å²) < 4.78 is 36.1. The number of hydrogen-bond acceptors (Lipinski definition) is 8. The first-order valence-electron chi connectivity index (χ1n) is 8.83. The van der Waals surface area contributed by atoms with Gasteiger partial charge in [0.25, 0.3) is 11.8 Å². The molecular weight excluding hydrogens is 467 g/mol. The maximum Gasteiger partial charge on any atom is 0.490 e. The highest BCUT2D eigenvalue weighted by molar-refractivity contribution is 7.98. The Morgan fingerprint density at radius 2 is 1.55 bits per heavy atom. The van der Waals surface area contributed by atoms with Gasteiger partial charge in [-0.1, -0.05) is 30.3 Å². The van der Waals surface area contributed by atoms with Gasteiger partial charge in [-0.3, -0.25) is 20.4 Å². The van der Waals surface area contributed by atoms with Crippen LogP contribution in [0.15, 0.2) is 64.1 Å². The summed E-state index contributed by atoms with van der Waals surface area (Å²) in [7, 11) is 0. The van der Waals surface area contributed by atoms with Gasteiger partial charge in [-0.25, -0.2) is 9.42 Å². The topological polar surface area (TPSA) is 160 Å². The summed E-state index contributed by atoms with van der Waals surface area (Å²) in [5, 5.41) is 13.8. The number of hydrogen-bond donors (Lipinski definition) is 4. The highest BCUT2D eigenvalue weighted by Crippen LogP contribution is 2.23. The van der Waals surface area contributed by atoms with Gasteiger partial charge >= 0.3 is 12.1 Å². The molecule has 0 saturated heterocycles. The second-order valence-electron chi connectivity index (χ2n) is 6.01. The first-order valence-corrected chi connectivity index (χ1v) is 9.82. The summed E-state index contributed by atoms with van der Waals surface area (Å²) >= 11 is 1.67. The third-order valence-corrected chi connectivity index (χ3v) is 4.71. The number of anilines is 1.